The molecule has 0 heterocycles. The van der Waals surface area contributed by atoms with Gasteiger partial charge in [0.15, 0.2) is 0 Å². The number of benzene rings is 3. The highest BCUT2D eigenvalue weighted by Gasteiger charge is 2.35. The fourth-order valence-electron chi connectivity index (χ4n) is 4.01. The van der Waals surface area contributed by atoms with Crippen molar-refractivity contribution in [2.45, 2.75) is 38.9 Å². The summed E-state index contributed by atoms with van der Waals surface area (Å²) in [5, 5.41) is 0.728. The molecular weight excluding hydrogens is 376 g/mol. The van der Waals surface area contributed by atoms with Gasteiger partial charge in [-0.15, -0.1) is 5.54 Å². The second-order valence-electron chi connectivity index (χ2n) is 9.09. The Hall–Kier alpha value is -2.27. The van der Waals surface area contributed by atoms with Crippen LogP contribution in [0.3, 0.4) is 0 Å². The minimum atomic E-state index is -1.49. The van der Waals surface area contributed by atoms with Gasteiger partial charge in [-0.2, -0.15) is 0 Å². The van der Waals surface area contributed by atoms with Gasteiger partial charge in [0, 0.05) is 5.41 Å². The van der Waals surface area contributed by atoms with Gasteiger partial charge >= 0.3 is 0 Å². The Morgan fingerprint density at radius 3 is 2.21 bits per heavy atom. The van der Waals surface area contributed by atoms with E-state index in [4.69, 9.17) is 11.6 Å². The number of hydrogen-bond donors (Lipinski definition) is 0. The minimum absolute atomic E-state index is 0.00925. The molecule has 28 heavy (non-hydrogen) atoms. The van der Waals surface area contributed by atoms with E-state index in [-0.39, 0.29) is 5.41 Å². The first-order valence-electron chi connectivity index (χ1n) is 9.75. The normalized spacial score (nSPS) is 14.1. The fraction of sp³-hybridized carbons (Fsp3) is 0.231. The molecular formula is C26H25ClSi. The van der Waals surface area contributed by atoms with Crippen LogP contribution in [0, 0.1) is 11.5 Å². The summed E-state index contributed by atoms with van der Waals surface area (Å²) in [5.41, 5.74) is 12.2. The Morgan fingerprint density at radius 2 is 1.46 bits per heavy atom. The van der Waals surface area contributed by atoms with Crippen molar-refractivity contribution in [2.75, 3.05) is 0 Å². The van der Waals surface area contributed by atoms with Crippen molar-refractivity contribution in [3.63, 3.8) is 0 Å². The zero-order valence-corrected chi connectivity index (χ0v) is 18.9. The standard InChI is InChI=1S/C26H25ClSi/c1-26(2)23-11-7-6-9-20(23)21-14-13-18(17-24(21)26)19-10-8-12-25(27)22(19)15-16-28(3,4)5/h6-14,17H,1-5H3. The molecule has 140 valence electrons. The average molecular weight is 401 g/mol. The van der Waals surface area contributed by atoms with Gasteiger partial charge in [0.05, 0.1) is 10.6 Å². The molecule has 4 rings (SSSR count). The molecule has 0 saturated carbocycles. The SMILES string of the molecule is CC1(C)c2ccccc2-c2ccc(-c3cccc(Cl)c3C#C[Si](C)(C)C)cc21. The Bertz CT molecular complexity index is 1140. The highest BCUT2D eigenvalue weighted by molar-refractivity contribution is 6.83. The molecule has 0 spiro atoms. The van der Waals surface area contributed by atoms with E-state index in [1.807, 2.05) is 12.1 Å². The van der Waals surface area contributed by atoms with Crippen LogP contribution in [0.15, 0.2) is 60.7 Å². The first-order chi connectivity index (χ1) is 13.2. The quantitative estimate of drug-likeness (QED) is 0.292. The summed E-state index contributed by atoms with van der Waals surface area (Å²) < 4.78 is 0. The lowest BCUT2D eigenvalue weighted by Gasteiger charge is -2.22. The Balaban J connectivity index is 1.89. The predicted molar refractivity (Wildman–Crippen MR) is 125 cm³/mol. The lowest BCUT2D eigenvalue weighted by molar-refractivity contribution is 0.660. The molecule has 0 atom stereocenters. The van der Waals surface area contributed by atoms with Gasteiger partial charge in [0.1, 0.15) is 8.07 Å². The smallest absolute Gasteiger partial charge is 0.127 e. The number of rotatable bonds is 1. The largest absolute Gasteiger partial charge is 0.129 e. The van der Waals surface area contributed by atoms with Crippen LogP contribution in [0.25, 0.3) is 22.3 Å². The van der Waals surface area contributed by atoms with E-state index in [1.54, 1.807) is 0 Å². The summed E-state index contributed by atoms with van der Waals surface area (Å²) in [7, 11) is -1.49. The summed E-state index contributed by atoms with van der Waals surface area (Å²) >= 11 is 6.57. The first-order valence-corrected chi connectivity index (χ1v) is 13.6. The van der Waals surface area contributed by atoms with E-state index in [0.717, 1.165) is 16.1 Å². The van der Waals surface area contributed by atoms with Crippen LogP contribution in [0.4, 0.5) is 0 Å². The van der Waals surface area contributed by atoms with Crippen LogP contribution in [-0.4, -0.2) is 8.07 Å². The second kappa shape index (κ2) is 6.66. The molecule has 3 aromatic rings. The van der Waals surface area contributed by atoms with Gasteiger partial charge < -0.3 is 0 Å². The maximum absolute atomic E-state index is 6.57. The highest BCUT2D eigenvalue weighted by Crippen LogP contribution is 2.49. The van der Waals surface area contributed by atoms with E-state index < -0.39 is 8.07 Å². The summed E-state index contributed by atoms with van der Waals surface area (Å²) in [6, 6.07) is 21.6. The van der Waals surface area contributed by atoms with E-state index >= 15 is 0 Å². The summed E-state index contributed by atoms with van der Waals surface area (Å²) in [4.78, 5) is 0. The molecule has 2 heteroatoms. The molecule has 0 saturated heterocycles. The average Bonchev–Trinajstić information content (AvgIpc) is 2.87. The predicted octanol–water partition coefficient (Wildman–Crippen LogP) is 7.54. The molecule has 3 aromatic carbocycles. The second-order valence-corrected chi connectivity index (χ2v) is 14.3. The highest BCUT2D eigenvalue weighted by atomic mass is 35.5. The zero-order chi connectivity index (χ0) is 20.1. The van der Waals surface area contributed by atoms with Gasteiger partial charge in [-0.1, -0.05) is 99.5 Å². The Morgan fingerprint density at radius 1 is 0.786 bits per heavy atom. The number of fused-ring (bicyclic) bond motifs is 3. The first kappa shape index (κ1) is 19.1. The van der Waals surface area contributed by atoms with Gasteiger partial charge in [0.25, 0.3) is 0 Å². The van der Waals surface area contributed by atoms with Crippen molar-refractivity contribution in [3.8, 4) is 33.7 Å². The third-order valence-electron chi connectivity index (χ3n) is 5.47. The Labute approximate surface area is 174 Å². The number of halogens is 1. The van der Waals surface area contributed by atoms with Gasteiger partial charge in [0.2, 0.25) is 0 Å². The van der Waals surface area contributed by atoms with E-state index in [0.29, 0.717) is 0 Å². The monoisotopic (exact) mass is 400 g/mol. The van der Waals surface area contributed by atoms with Crippen LogP contribution in [-0.2, 0) is 5.41 Å². The maximum Gasteiger partial charge on any atom is 0.129 e. The van der Waals surface area contributed by atoms with E-state index in [2.05, 4.69) is 93.5 Å². The zero-order valence-electron chi connectivity index (χ0n) is 17.2. The van der Waals surface area contributed by atoms with Crippen molar-refractivity contribution >= 4 is 19.7 Å². The molecule has 0 bridgehead atoms. The van der Waals surface area contributed by atoms with Gasteiger partial charge in [-0.05, 0) is 45.5 Å². The molecule has 0 radical (unpaired) electrons. The van der Waals surface area contributed by atoms with E-state index in [9.17, 15) is 0 Å². The summed E-state index contributed by atoms with van der Waals surface area (Å²) in [6.07, 6.45) is 0. The molecule has 1 aliphatic rings. The summed E-state index contributed by atoms with van der Waals surface area (Å²) in [5.74, 6) is 3.41. The van der Waals surface area contributed by atoms with Crippen LogP contribution in [0.1, 0.15) is 30.5 Å². The molecule has 0 fully saturated rings. The third-order valence-corrected chi connectivity index (χ3v) is 6.66. The van der Waals surface area contributed by atoms with Crippen molar-refractivity contribution in [2.24, 2.45) is 0 Å². The summed E-state index contributed by atoms with van der Waals surface area (Å²) in [6.45, 7) is 11.4. The van der Waals surface area contributed by atoms with Crippen molar-refractivity contribution < 1.29 is 0 Å². The molecule has 1 aliphatic carbocycles. The van der Waals surface area contributed by atoms with Gasteiger partial charge in [-0.3, -0.25) is 0 Å². The Kier molecular flexibility index (Phi) is 4.53. The van der Waals surface area contributed by atoms with Crippen LogP contribution in [0.2, 0.25) is 24.7 Å². The number of hydrogen-bond acceptors (Lipinski definition) is 0. The lowest BCUT2D eigenvalue weighted by atomic mass is 9.81. The van der Waals surface area contributed by atoms with Crippen molar-refractivity contribution in [1.29, 1.82) is 0 Å². The minimum Gasteiger partial charge on any atom is -0.127 e. The van der Waals surface area contributed by atoms with Crippen molar-refractivity contribution in [3.05, 3.63) is 82.4 Å². The maximum atomic E-state index is 6.57. The van der Waals surface area contributed by atoms with Gasteiger partial charge in [-0.25, -0.2) is 0 Å². The molecule has 0 aromatic heterocycles. The molecule has 0 N–H and O–H groups in total. The third kappa shape index (κ3) is 3.22. The molecule has 0 amide bonds. The van der Waals surface area contributed by atoms with Crippen LogP contribution < -0.4 is 0 Å². The molecule has 0 unspecified atom stereocenters. The van der Waals surface area contributed by atoms with Crippen LogP contribution in [0.5, 0.6) is 0 Å². The fourth-order valence-corrected chi connectivity index (χ4v) is 4.74. The van der Waals surface area contributed by atoms with Crippen LogP contribution >= 0.6 is 11.6 Å². The molecule has 0 aliphatic heterocycles. The lowest BCUT2D eigenvalue weighted by Crippen LogP contribution is -2.16. The topological polar surface area (TPSA) is 0 Å². The molecule has 0 nitrogen and oxygen atoms in total. The van der Waals surface area contributed by atoms with Crippen molar-refractivity contribution in [1.82, 2.24) is 0 Å². The van der Waals surface area contributed by atoms with E-state index in [1.165, 1.54) is 27.8 Å².